The molecule has 0 radical (unpaired) electrons. The molecule has 0 saturated carbocycles. The fourth-order valence-corrected chi connectivity index (χ4v) is 11.8. The van der Waals surface area contributed by atoms with Crippen LogP contribution in [0.4, 0.5) is 0 Å². The summed E-state index contributed by atoms with van der Waals surface area (Å²) < 4.78 is 0. The van der Waals surface area contributed by atoms with Crippen LogP contribution in [0, 0.1) is 0 Å². The summed E-state index contributed by atoms with van der Waals surface area (Å²) in [6, 6.07) is 40.5. The summed E-state index contributed by atoms with van der Waals surface area (Å²) in [5.41, 5.74) is 7.11. The second-order valence-electron chi connectivity index (χ2n) is 12.0. The third-order valence-electron chi connectivity index (χ3n) is 9.09. The van der Waals surface area contributed by atoms with Crippen molar-refractivity contribution in [2.75, 3.05) is 0 Å². The molecule has 0 nitrogen and oxygen atoms in total. The summed E-state index contributed by atoms with van der Waals surface area (Å²) in [7, 11) is -2.58. The van der Waals surface area contributed by atoms with Crippen LogP contribution in [0.3, 0.4) is 0 Å². The van der Waals surface area contributed by atoms with Gasteiger partial charge in [-0.3, -0.25) is 0 Å². The van der Waals surface area contributed by atoms with Crippen molar-refractivity contribution < 1.29 is 0 Å². The Morgan fingerprint density at radius 3 is 1.29 bits per heavy atom. The van der Waals surface area contributed by atoms with Gasteiger partial charge in [-0.1, -0.05) is 161 Å². The third kappa shape index (κ3) is 6.47. The molecular weight excluding hydrogens is 521 g/mol. The zero-order valence-corrected chi connectivity index (χ0v) is 27.0. The number of benzene rings is 4. The maximum Gasteiger partial charge on any atom is 0.176 e. The van der Waals surface area contributed by atoms with Gasteiger partial charge in [0, 0.05) is 0 Å². The van der Waals surface area contributed by atoms with Crippen LogP contribution in [-0.2, 0) is 19.3 Å². The van der Waals surface area contributed by atoms with Crippen molar-refractivity contribution in [2.45, 2.75) is 85.0 Å². The molecule has 1 heteroatoms. The molecule has 42 heavy (non-hydrogen) atoms. The quantitative estimate of drug-likeness (QED) is 0.105. The fourth-order valence-electron chi connectivity index (χ4n) is 6.68. The van der Waals surface area contributed by atoms with Crippen molar-refractivity contribution in [1.29, 1.82) is 0 Å². The molecular formula is C41H48Si. The highest BCUT2D eigenvalue weighted by molar-refractivity contribution is 7.16. The van der Waals surface area contributed by atoms with Gasteiger partial charge in [0.25, 0.3) is 0 Å². The number of aryl methyl sites for hydroxylation is 3. The zero-order valence-electron chi connectivity index (χ0n) is 26.0. The van der Waals surface area contributed by atoms with E-state index in [0.29, 0.717) is 0 Å². The Hall–Kier alpha value is -3.42. The molecule has 0 saturated heterocycles. The summed E-state index contributed by atoms with van der Waals surface area (Å²) in [4.78, 5) is 0. The van der Waals surface area contributed by atoms with Gasteiger partial charge < -0.3 is 0 Å². The first-order valence-electron chi connectivity index (χ1n) is 16.4. The molecule has 5 rings (SSSR count). The minimum atomic E-state index is -2.58. The Labute approximate surface area is 256 Å². The van der Waals surface area contributed by atoms with Gasteiger partial charge in [-0.25, -0.2) is 0 Å². The van der Waals surface area contributed by atoms with Crippen molar-refractivity contribution in [3.05, 3.63) is 143 Å². The number of hydrogen-bond acceptors (Lipinski definition) is 0. The summed E-state index contributed by atoms with van der Waals surface area (Å²) in [5, 5.41) is 6.10. The van der Waals surface area contributed by atoms with E-state index in [1.807, 2.05) is 0 Å². The van der Waals surface area contributed by atoms with Crippen LogP contribution >= 0.6 is 0 Å². The Bertz CT molecular complexity index is 1330. The Balaban J connectivity index is 1.76. The van der Waals surface area contributed by atoms with Gasteiger partial charge in [0.1, 0.15) is 0 Å². The van der Waals surface area contributed by atoms with Gasteiger partial charge in [-0.2, -0.15) is 0 Å². The molecule has 1 aliphatic rings. The Kier molecular flexibility index (Phi) is 10.5. The van der Waals surface area contributed by atoms with Gasteiger partial charge in [-0.15, -0.1) is 0 Å². The molecule has 0 aromatic heterocycles. The molecule has 0 spiro atoms. The number of allylic oxidation sites excluding steroid dienone is 4. The third-order valence-corrected chi connectivity index (χ3v) is 14.1. The van der Waals surface area contributed by atoms with Gasteiger partial charge in [0.05, 0.1) is 0 Å². The van der Waals surface area contributed by atoms with Crippen molar-refractivity contribution >= 4 is 29.2 Å². The van der Waals surface area contributed by atoms with Crippen molar-refractivity contribution in [3.63, 3.8) is 0 Å². The van der Waals surface area contributed by atoms with Crippen LogP contribution in [0.25, 0.3) is 5.57 Å². The topological polar surface area (TPSA) is 0 Å². The smallest absolute Gasteiger partial charge is 0.0802 e. The Morgan fingerprint density at radius 1 is 0.500 bits per heavy atom. The lowest BCUT2D eigenvalue weighted by atomic mass is 10.1. The molecule has 0 N–H and O–H groups in total. The molecule has 0 atom stereocenters. The van der Waals surface area contributed by atoms with E-state index in [9.17, 15) is 0 Å². The lowest BCUT2D eigenvalue weighted by molar-refractivity contribution is 0.795. The average Bonchev–Trinajstić information content (AvgIpc) is 3.54. The van der Waals surface area contributed by atoms with E-state index in [0.717, 1.165) is 25.7 Å². The van der Waals surface area contributed by atoms with Crippen molar-refractivity contribution in [1.82, 2.24) is 0 Å². The van der Waals surface area contributed by atoms with Gasteiger partial charge in [0.15, 0.2) is 8.07 Å². The van der Waals surface area contributed by atoms with Crippen LogP contribution in [0.15, 0.2) is 120 Å². The van der Waals surface area contributed by atoms with Crippen LogP contribution in [-0.4, -0.2) is 8.07 Å². The average molecular weight is 569 g/mol. The molecule has 4 aromatic rings. The normalized spacial score (nSPS) is 13.2. The van der Waals surface area contributed by atoms with Crippen molar-refractivity contribution in [2.24, 2.45) is 0 Å². The number of rotatable bonds is 14. The SMILES string of the molecule is CCCCc1ccc([Si](C2=C(c3ccccc3)C=CC2)(c2ccc(CCCC)cc2)c2ccc(CCCC)cc2)cc1. The predicted molar refractivity (Wildman–Crippen MR) is 187 cm³/mol. The molecule has 0 amide bonds. The first-order chi connectivity index (χ1) is 20.7. The van der Waals surface area contributed by atoms with E-state index in [1.54, 1.807) is 5.20 Å². The molecule has 0 heterocycles. The van der Waals surface area contributed by atoms with Crippen molar-refractivity contribution in [3.8, 4) is 0 Å². The fraction of sp³-hybridized carbons (Fsp3) is 0.317. The molecule has 0 aliphatic heterocycles. The van der Waals surface area contributed by atoms with Crippen LogP contribution in [0.1, 0.15) is 88.0 Å². The maximum absolute atomic E-state index is 2.58. The molecule has 0 bridgehead atoms. The largest absolute Gasteiger partial charge is 0.176 e. The van der Waals surface area contributed by atoms with E-state index in [1.165, 1.54) is 81.9 Å². The highest BCUT2D eigenvalue weighted by atomic mass is 28.3. The second-order valence-corrected chi connectivity index (χ2v) is 15.9. The molecule has 4 aromatic carbocycles. The zero-order chi connectivity index (χ0) is 29.2. The monoisotopic (exact) mass is 568 g/mol. The molecule has 0 fully saturated rings. The first-order valence-corrected chi connectivity index (χ1v) is 18.4. The van der Waals surface area contributed by atoms with Gasteiger partial charge >= 0.3 is 0 Å². The lowest BCUT2D eigenvalue weighted by Gasteiger charge is -2.37. The lowest BCUT2D eigenvalue weighted by Crippen LogP contribution is -2.68. The van der Waals surface area contributed by atoms with E-state index in [4.69, 9.17) is 0 Å². The van der Waals surface area contributed by atoms with Gasteiger partial charge in [0.2, 0.25) is 0 Å². The van der Waals surface area contributed by atoms with E-state index < -0.39 is 8.07 Å². The molecule has 1 aliphatic carbocycles. The number of hydrogen-bond donors (Lipinski definition) is 0. The highest BCUT2D eigenvalue weighted by Gasteiger charge is 2.44. The van der Waals surface area contributed by atoms with Crippen LogP contribution < -0.4 is 15.6 Å². The second kappa shape index (κ2) is 14.7. The maximum atomic E-state index is 2.49. The van der Waals surface area contributed by atoms with E-state index in [2.05, 4.69) is 136 Å². The molecule has 216 valence electrons. The minimum Gasteiger partial charge on any atom is -0.0802 e. The number of unbranched alkanes of at least 4 members (excludes halogenated alkanes) is 3. The summed E-state index contributed by atoms with van der Waals surface area (Å²) in [5.74, 6) is 0. The van der Waals surface area contributed by atoms with Crippen LogP contribution in [0.2, 0.25) is 0 Å². The first kappa shape index (κ1) is 30.0. The van der Waals surface area contributed by atoms with E-state index in [-0.39, 0.29) is 0 Å². The van der Waals surface area contributed by atoms with Gasteiger partial charge in [-0.05, 0) is 88.3 Å². The summed E-state index contributed by atoms with van der Waals surface area (Å²) in [6.07, 6.45) is 16.7. The summed E-state index contributed by atoms with van der Waals surface area (Å²) >= 11 is 0. The Morgan fingerprint density at radius 2 is 0.905 bits per heavy atom. The molecule has 0 unspecified atom stereocenters. The van der Waals surface area contributed by atoms with E-state index >= 15 is 0 Å². The highest BCUT2D eigenvalue weighted by Crippen LogP contribution is 2.35. The summed E-state index contributed by atoms with van der Waals surface area (Å²) in [6.45, 7) is 6.85. The predicted octanol–water partition coefficient (Wildman–Crippen LogP) is 9.14. The standard InChI is InChI=1S/C41H48Si/c1-4-7-14-33-21-27-37(28-22-33)42(38-29-23-34(24-30-38)15-8-5-2,39-31-25-35(26-32-39)16-9-6-3)41-20-13-19-40(41)36-17-11-10-12-18-36/h10-13,17-19,21-32H,4-9,14-16,20H2,1-3H3. The minimum absolute atomic E-state index is 1.00. The van der Waals surface area contributed by atoms with Crippen LogP contribution in [0.5, 0.6) is 0 Å².